The van der Waals surface area contributed by atoms with Crippen LogP contribution >= 0.6 is 0 Å². The second kappa shape index (κ2) is 9.01. The number of aliphatic hydroxyl groups is 1. The molecular formula is C25H23NO6. The lowest BCUT2D eigenvalue weighted by atomic mass is 9.94. The molecule has 2 aromatic carbocycles. The molecule has 1 aliphatic heterocycles. The number of rotatable bonds is 8. The van der Waals surface area contributed by atoms with Crippen molar-refractivity contribution in [2.75, 3.05) is 13.7 Å². The highest BCUT2D eigenvalue weighted by atomic mass is 16.5. The van der Waals surface area contributed by atoms with Gasteiger partial charge in [0.1, 0.15) is 11.5 Å². The van der Waals surface area contributed by atoms with Gasteiger partial charge in [0.15, 0.2) is 11.5 Å². The van der Waals surface area contributed by atoms with Crippen LogP contribution in [0.3, 0.4) is 0 Å². The fourth-order valence-electron chi connectivity index (χ4n) is 3.87. The second-order valence-corrected chi connectivity index (χ2v) is 7.22. The molecular weight excluding hydrogens is 410 g/mol. The molecule has 0 saturated carbocycles. The largest absolute Gasteiger partial charge is 0.503 e. The van der Waals surface area contributed by atoms with Crippen LogP contribution in [0, 0.1) is 0 Å². The van der Waals surface area contributed by atoms with Gasteiger partial charge in [-0.1, -0.05) is 30.3 Å². The summed E-state index contributed by atoms with van der Waals surface area (Å²) >= 11 is 0. The number of methoxy groups -OCH3 is 1. The summed E-state index contributed by atoms with van der Waals surface area (Å²) in [5.74, 6) is -0.429. The molecule has 0 saturated heterocycles. The molecule has 164 valence electrons. The van der Waals surface area contributed by atoms with E-state index in [2.05, 4.69) is 0 Å². The number of benzene rings is 2. The van der Waals surface area contributed by atoms with E-state index in [1.807, 2.05) is 25.1 Å². The van der Waals surface area contributed by atoms with E-state index in [1.165, 1.54) is 17.2 Å². The summed E-state index contributed by atoms with van der Waals surface area (Å²) < 4.78 is 16.2. The molecule has 7 heteroatoms. The smallest absolute Gasteiger partial charge is 0.290 e. The zero-order chi connectivity index (χ0) is 22.7. The van der Waals surface area contributed by atoms with E-state index in [1.54, 1.807) is 43.5 Å². The maximum Gasteiger partial charge on any atom is 0.290 e. The SMILES string of the molecule is CCOc1ccc(C2C(C(=O)c3ccco3)=C(O)C(=O)N2Cc2ccccc2OC)cc1. The third-order valence-corrected chi connectivity index (χ3v) is 5.33. The quantitative estimate of drug-likeness (QED) is 0.528. The topological polar surface area (TPSA) is 89.2 Å². The molecule has 1 aromatic heterocycles. The lowest BCUT2D eigenvalue weighted by Gasteiger charge is -2.27. The standard InChI is InChI=1S/C25H23NO6/c1-3-31-18-12-10-16(11-13-18)22-21(23(27)20-9-6-14-32-20)24(28)25(29)26(22)15-17-7-4-5-8-19(17)30-2/h4-14,22,28H,3,15H2,1-2H3. The van der Waals surface area contributed by atoms with Crippen LogP contribution in [0.15, 0.2) is 82.7 Å². The average molecular weight is 433 g/mol. The highest BCUT2D eigenvalue weighted by Gasteiger charge is 2.44. The Labute approximate surface area is 185 Å². The van der Waals surface area contributed by atoms with E-state index in [9.17, 15) is 14.7 Å². The lowest BCUT2D eigenvalue weighted by molar-refractivity contribution is -0.130. The van der Waals surface area contributed by atoms with Gasteiger partial charge in [-0.3, -0.25) is 9.59 Å². The number of hydrogen-bond donors (Lipinski definition) is 1. The minimum absolute atomic E-state index is 0.0241. The fraction of sp³-hybridized carbons (Fsp3) is 0.200. The van der Waals surface area contributed by atoms with Gasteiger partial charge in [-0.25, -0.2) is 0 Å². The molecule has 0 bridgehead atoms. The molecule has 2 heterocycles. The predicted octanol–water partition coefficient (Wildman–Crippen LogP) is 4.47. The summed E-state index contributed by atoms with van der Waals surface area (Å²) in [5.41, 5.74) is 1.39. The summed E-state index contributed by atoms with van der Waals surface area (Å²) in [5, 5.41) is 10.7. The highest BCUT2D eigenvalue weighted by molar-refractivity contribution is 6.15. The van der Waals surface area contributed by atoms with Crippen LogP contribution in [0.2, 0.25) is 0 Å². The Bertz CT molecular complexity index is 1150. The van der Waals surface area contributed by atoms with Gasteiger partial charge in [-0.15, -0.1) is 0 Å². The fourth-order valence-corrected chi connectivity index (χ4v) is 3.87. The Hall–Kier alpha value is -4.00. The number of amides is 1. The minimum atomic E-state index is -0.805. The summed E-state index contributed by atoms with van der Waals surface area (Å²) in [6, 6.07) is 16.7. The van der Waals surface area contributed by atoms with Crippen LogP contribution in [-0.2, 0) is 11.3 Å². The molecule has 1 aliphatic rings. The first-order chi connectivity index (χ1) is 15.5. The van der Waals surface area contributed by atoms with Gasteiger partial charge in [-0.2, -0.15) is 0 Å². The van der Waals surface area contributed by atoms with Crippen molar-refractivity contribution in [3.63, 3.8) is 0 Å². The van der Waals surface area contributed by atoms with Crippen molar-refractivity contribution in [1.82, 2.24) is 4.90 Å². The molecule has 0 aliphatic carbocycles. The van der Waals surface area contributed by atoms with Crippen LogP contribution in [-0.4, -0.2) is 35.4 Å². The van der Waals surface area contributed by atoms with Gasteiger partial charge >= 0.3 is 0 Å². The molecule has 0 spiro atoms. The van der Waals surface area contributed by atoms with E-state index >= 15 is 0 Å². The van der Waals surface area contributed by atoms with E-state index in [4.69, 9.17) is 13.9 Å². The first kappa shape index (κ1) is 21.2. The maximum absolute atomic E-state index is 13.2. The van der Waals surface area contributed by atoms with Crippen molar-refractivity contribution < 1.29 is 28.6 Å². The van der Waals surface area contributed by atoms with E-state index in [0.29, 0.717) is 23.7 Å². The number of hydrogen-bond acceptors (Lipinski definition) is 6. The number of aliphatic hydroxyl groups excluding tert-OH is 1. The van der Waals surface area contributed by atoms with Gasteiger partial charge in [0, 0.05) is 5.56 Å². The molecule has 1 amide bonds. The predicted molar refractivity (Wildman–Crippen MR) is 117 cm³/mol. The number of carbonyl (C=O) groups excluding carboxylic acids is 2. The van der Waals surface area contributed by atoms with E-state index < -0.39 is 23.5 Å². The van der Waals surface area contributed by atoms with Gasteiger partial charge in [-0.05, 0) is 42.8 Å². The van der Waals surface area contributed by atoms with Crippen LogP contribution in [0.5, 0.6) is 11.5 Å². The van der Waals surface area contributed by atoms with Crippen molar-refractivity contribution >= 4 is 11.7 Å². The third kappa shape index (κ3) is 3.85. The number of furan rings is 1. The minimum Gasteiger partial charge on any atom is -0.503 e. The highest BCUT2D eigenvalue weighted by Crippen LogP contribution is 2.41. The van der Waals surface area contributed by atoms with Gasteiger partial charge in [0.25, 0.3) is 5.91 Å². The average Bonchev–Trinajstić information content (AvgIpc) is 3.43. The van der Waals surface area contributed by atoms with Gasteiger partial charge in [0.05, 0.1) is 38.1 Å². The van der Waals surface area contributed by atoms with Crippen molar-refractivity contribution in [1.29, 1.82) is 0 Å². The number of Topliss-reactive ketones (excluding diaryl/α,β-unsaturated/α-hetero) is 1. The Kier molecular flexibility index (Phi) is 5.98. The molecule has 0 radical (unpaired) electrons. The summed E-state index contributed by atoms with van der Waals surface area (Å²) in [6.45, 7) is 2.54. The zero-order valence-corrected chi connectivity index (χ0v) is 17.8. The first-order valence-electron chi connectivity index (χ1n) is 10.2. The van der Waals surface area contributed by atoms with Crippen LogP contribution in [0.25, 0.3) is 0 Å². The Morgan fingerprint density at radius 3 is 2.50 bits per heavy atom. The molecule has 7 nitrogen and oxygen atoms in total. The molecule has 3 aromatic rings. The molecule has 0 fully saturated rings. The zero-order valence-electron chi connectivity index (χ0n) is 17.8. The van der Waals surface area contributed by atoms with Crippen molar-refractivity contribution in [2.45, 2.75) is 19.5 Å². The third-order valence-electron chi connectivity index (χ3n) is 5.33. The van der Waals surface area contributed by atoms with E-state index in [-0.39, 0.29) is 17.9 Å². The van der Waals surface area contributed by atoms with Crippen molar-refractivity contribution in [2.24, 2.45) is 0 Å². The van der Waals surface area contributed by atoms with Crippen molar-refractivity contribution in [3.8, 4) is 11.5 Å². The van der Waals surface area contributed by atoms with Gasteiger partial charge < -0.3 is 23.9 Å². The van der Waals surface area contributed by atoms with Gasteiger partial charge in [0.2, 0.25) is 5.78 Å². The number of ether oxygens (including phenoxy) is 2. The number of nitrogens with zero attached hydrogens (tertiary/aromatic N) is 1. The van der Waals surface area contributed by atoms with Crippen molar-refractivity contribution in [3.05, 3.63) is 95.1 Å². The molecule has 1 N–H and O–H groups in total. The number of para-hydroxylation sites is 1. The first-order valence-corrected chi connectivity index (χ1v) is 10.2. The van der Waals surface area contributed by atoms with Crippen LogP contribution < -0.4 is 9.47 Å². The Balaban J connectivity index is 1.78. The Morgan fingerprint density at radius 2 is 1.84 bits per heavy atom. The Morgan fingerprint density at radius 1 is 1.09 bits per heavy atom. The second-order valence-electron chi connectivity index (χ2n) is 7.22. The van der Waals surface area contributed by atoms with Crippen LogP contribution in [0.1, 0.15) is 34.6 Å². The lowest BCUT2D eigenvalue weighted by Crippen LogP contribution is -2.30. The summed E-state index contributed by atoms with van der Waals surface area (Å²) in [7, 11) is 1.55. The number of carbonyl (C=O) groups is 2. The molecule has 32 heavy (non-hydrogen) atoms. The maximum atomic E-state index is 13.2. The molecule has 1 atom stereocenters. The molecule has 1 unspecified atom stereocenters. The number of ketones is 1. The molecule has 4 rings (SSSR count). The normalized spacial score (nSPS) is 15.9. The monoisotopic (exact) mass is 433 g/mol. The summed E-state index contributed by atoms with van der Waals surface area (Å²) in [6.07, 6.45) is 1.38. The van der Waals surface area contributed by atoms with E-state index in [0.717, 1.165) is 5.56 Å². The van der Waals surface area contributed by atoms with Crippen LogP contribution in [0.4, 0.5) is 0 Å². The summed E-state index contributed by atoms with van der Waals surface area (Å²) in [4.78, 5) is 27.8.